The van der Waals surface area contributed by atoms with Gasteiger partial charge in [0.2, 0.25) is 5.95 Å². The van der Waals surface area contributed by atoms with Crippen molar-refractivity contribution in [2.45, 2.75) is 20.3 Å². The van der Waals surface area contributed by atoms with Crippen LogP contribution in [-0.2, 0) is 6.42 Å². The number of nitrogens with zero attached hydrogens (tertiary/aromatic N) is 5. The molecule has 1 aromatic heterocycles. The van der Waals surface area contributed by atoms with Gasteiger partial charge in [-0.05, 0) is 37.6 Å². The number of nitrogens with two attached hydrogens (primary N) is 1. The van der Waals surface area contributed by atoms with Gasteiger partial charge < -0.3 is 15.5 Å². The summed E-state index contributed by atoms with van der Waals surface area (Å²) in [7, 11) is 0. The fourth-order valence-corrected chi connectivity index (χ4v) is 3.20. The Bertz CT molecular complexity index is 754. The van der Waals surface area contributed by atoms with Gasteiger partial charge in [-0.15, -0.1) is 0 Å². The normalized spacial score (nSPS) is 14.5. The van der Waals surface area contributed by atoms with Gasteiger partial charge in [0, 0.05) is 43.1 Å². The molecule has 1 aromatic carbocycles. The van der Waals surface area contributed by atoms with Gasteiger partial charge >= 0.3 is 0 Å². The zero-order valence-corrected chi connectivity index (χ0v) is 14.2. The van der Waals surface area contributed by atoms with E-state index in [0.29, 0.717) is 11.5 Å². The maximum atomic E-state index is 8.90. The molecule has 6 heteroatoms. The molecule has 2 N–H and O–H groups in total. The standard InChI is InChI=1S/C18H22N6/c1-3-16-13(2)21-18(20)22-17(16)24-10-8-23(9-11-24)15-6-4-14(12-19)5-7-15/h4-7H,3,8-11H2,1-2H3,(H2,20,21,22). The average Bonchev–Trinajstić information content (AvgIpc) is 2.61. The molecule has 0 bridgehead atoms. The molecule has 0 amide bonds. The summed E-state index contributed by atoms with van der Waals surface area (Å²) in [5, 5.41) is 8.90. The van der Waals surface area contributed by atoms with E-state index in [1.807, 2.05) is 31.2 Å². The number of nitrogen functional groups attached to an aromatic ring is 1. The monoisotopic (exact) mass is 322 g/mol. The van der Waals surface area contributed by atoms with E-state index in [0.717, 1.165) is 49.8 Å². The summed E-state index contributed by atoms with van der Waals surface area (Å²) in [4.78, 5) is 13.4. The van der Waals surface area contributed by atoms with Crippen LogP contribution >= 0.6 is 0 Å². The van der Waals surface area contributed by atoms with Gasteiger partial charge in [0.05, 0.1) is 11.6 Å². The maximum Gasteiger partial charge on any atom is 0.222 e. The summed E-state index contributed by atoms with van der Waals surface area (Å²) in [5.74, 6) is 1.32. The molecular weight excluding hydrogens is 300 g/mol. The molecule has 3 rings (SSSR count). The number of aryl methyl sites for hydroxylation is 1. The predicted octanol–water partition coefficient (Wildman–Crippen LogP) is 2.13. The van der Waals surface area contributed by atoms with Crippen molar-refractivity contribution in [1.82, 2.24) is 9.97 Å². The molecule has 124 valence electrons. The Morgan fingerprint density at radius 1 is 1.08 bits per heavy atom. The molecule has 2 heterocycles. The van der Waals surface area contributed by atoms with Crippen LogP contribution in [0.4, 0.5) is 17.5 Å². The first-order valence-electron chi connectivity index (χ1n) is 8.25. The van der Waals surface area contributed by atoms with Gasteiger partial charge in [-0.2, -0.15) is 10.2 Å². The van der Waals surface area contributed by atoms with Crippen molar-refractivity contribution >= 4 is 17.5 Å². The molecular formula is C18H22N6. The van der Waals surface area contributed by atoms with Crippen molar-refractivity contribution in [2.75, 3.05) is 41.7 Å². The topological polar surface area (TPSA) is 82.1 Å². The summed E-state index contributed by atoms with van der Waals surface area (Å²) < 4.78 is 0. The molecule has 1 saturated heterocycles. The Hall–Kier alpha value is -2.81. The number of nitriles is 1. The molecule has 0 radical (unpaired) electrons. The van der Waals surface area contributed by atoms with Crippen molar-refractivity contribution in [1.29, 1.82) is 5.26 Å². The number of benzene rings is 1. The van der Waals surface area contributed by atoms with Crippen molar-refractivity contribution < 1.29 is 0 Å². The van der Waals surface area contributed by atoms with Gasteiger partial charge in [-0.3, -0.25) is 0 Å². The second-order valence-corrected chi connectivity index (χ2v) is 5.96. The van der Waals surface area contributed by atoms with Crippen LogP contribution < -0.4 is 15.5 Å². The van der Waals surface area contributed by atoms with Gasteiger partial charge in [0.15, 0.2) is 0 Å². The lowest BCUT2D eigenvalue weighted by molar-refractivity contribution is 0.643. The van der Waals surface area contributed by atoms with Gasteiger partial charge in [-0.1, -0.05) is 6.92 Å². The van der Waals surface area contributed by atoms with Crippen molar-refractivity contribution in [2.24, 2.45) is 0 Å². The zero-order valence-electron chi connectivity index (χ0n) is 14.2. The highest BCUT2D eigenvalue weighted by Crippen LogP contribution is 2.25. The Morgan fingerprint density at radius 3 is 2.29 bits per heavy atom. The number of aromatic nitrogens is 2. The second-order valence-electron chi connectivity index (χ2n) is 5.96. The van der Waals surface area contributed by atoms with Crippen molar-refractivity contribution in [3.8, 4) is 6.07 Å². The van der Waals surface area contributed by atoms with E-state index in [2.05, 4.69) is 32.8 Å². The number of hydrogen-bond acceptors (Lipinski definition) is 6. The van der Waals surface area contributed by atoms with E-state index >= 15 is 0 Å². The number of rotatable bonds is 3. The Morgan fingerprint density at radius 2 is 1.71 bits per heavy atom. The van der Waals surface area contributed by atoms with E-state index in [1.54, 1.807) is 0 Å². The van der Waals surface area contributed by atoms with Crippen LogP contribution in [0.25, 0.3) is 0 Å². The highest BCUT2D eigenvalue weighted by Gasteiger charge is 2.21. The van der Waals surface area contributed by atoms with Gasteiger partial charge in [-0.25, -0.2) is 4.98 Å². The van der Waals surface area contributed by atoms with Crippen LogP contribution in [0.1, 0.15) is 23.7 Å². The first-order valence-corrected chi connectivity index (χ1v) is 8.25. The van der Waals surface area contributed by atoms with Crippen LogP contribution in [0.5, 0.6) is 0 Å². The Balaban J connectivity index is 1.74. The molecule has 6 nitrogen and oxygen atoms in total. The van der Waals surface area contributed by atoms with Crippen LogP contribution in [0.15, 0.2) is 24.3 Å². The molecule has 1 fully saturated rings. The number of piperazine rings is 1. The first-order chi connectivity index (χ1) is 11.6. The molecule has 0 saturated carbocycles. The van der Waals surface area contributed by atoms with Gasteiger partial charge in [0.25, 0.3) is 0 Å². The molecule has 2 aromatic rings. The van der Waals surface area contributed by atoms with E-state index in [1.165, 1.54) is 5.56 Å². The van der Waals surface area contributed by atoms with Gasteiger partial charge in [0.1, 0.15) is 5.82 Å². The Labute approximate surface area is 142 Å². The van der Waals surface area contributed by atoms with Crippen molar-refractivity contribution in [3.63, 3.8) is 0 Å². The second kappa shape index (κ2) is 6.75. The maximum absolute atomic E-state index is 8.90. The summed E-state index contributed by atoms with van der Waals surface area (Å²) in [6, 6.07) is 9.91. The fraction of sp³-hybridized carbons (Fsp3) is 0.389. The third-order valence-corrected chi connectivity index (χ3v) is 4.50. The van der Waals surface area contributed by atoms with Crippen LogP contribution in [-0.4, -0.2) is 36.1 Å². The van der Waals surface area contributed by atoms with Crippen molar-refractivity contribution in [3.05, 3.63) is 41.1 Å². The molecule has 1 aliphatic heterocycles. The van der Waals surface area contributed by atoms with Crippen LogP contribution in [0.3, 0.4) is 0 Å². The SMILES string of the molecule is CCc1c(C)nc(N)nc1N1CCN(c2ccc(C#N)cc2)CC1. The first kappa shape index (κ1) is 16.1. The Kier molecular flexibility index (Phi) is 4.52. The van der Waals surface area contributed by atoms with E-state index in [9.17, 15) is 0 Å². The third kappa shape index (κ3) is 3.11. The summed E-state index contributed by atoms with van der Waals surface area (Å²) >= 11 is 0. The number of hydrogen-bond donors (Lipinski definition) is 1. The summed E-state index contributed by atoms with van der Waals surface area (Å²) in [6.07, 6.45) is 0.900. The predicted molar refractivity (Wildman–Crippen MR) is 96.1 cm³/mol. The minimum absolute atomic E-state index is 0.342. The smallest absolute Gasteiger partial charge is 0.222 e. The number of anilines is 3. The minimum Gasteiger partial charge on any atom is -0.368 e. The van der Waals surface area contributed by atoms with Crippen LogP contribution in [0.2, 0.25) is 0 Å². The van der Waals surface area contributed by atoms with Crippen LogP contribution in [0, 0.1) is 18.3 Å². The zero-order chi connectivity index (χ0) is 17.1. The lowest BCUT2D eigenvalue weighted by atomic mass is 10.1. The minimum atomic E-state index is 0.342. The molecule has 0 aliphatic carbocycles. The molecule has 0 spiro atoms. The average molecular weight is 322 g/mol. The molecule has 0 atom stereocenters. The highest BCUT2D eigenvalue weighted by atomic mass is 15.3. The molecule has 0 unspecified atom stereocenters. The lowest BCUT2D eigenvalue weighted by Crippen LogP contribution is -2.47. The fourth-order valence-electron chi connectivity index (χ4n) is 3.20. The van der Waals surface area contributed by atoms with E-state index in [-0.39, 0.29) is 0 Å². The largest absolute Gasteiger partial charge is 0.368 e. The van der Waals surface area contributed by atoms with E-state index in [4.69, 9.17) is 11.0 Å². The molecule has 1 aliphatic rings. The highest BCUT2D eigenvalue weighted by molar-refractivity contribution is 5.55. The summed E-state index contributed by atoms with van der Waals surface area (Å²) in [6.45, 7) is 7.73. The summed E-state index contributed by atoms with van der Waals surface area (Å²) in [5.41, 5.74) is 9.84. The van der Waals surface area contributed by atoms with E-state index < -0.39 is 0 Å². The third-order valence-electron chi connectivity index (χ3n) is 4.50. The quantitative estimate of drug-likeness (QED) is 0.932. The molecule has 24 heavy (non-hydrogen) atoms. The lowest BCUT2D eigenvalue weighted by Gasteiger charge is -2.37.